The molecule has 0 bridgehead atoms. The van der Waals surface area contributed by atoms with Crippen LogP contribution in [0.1, 0.15) is 30.5 Å². The first-order chi connectivity index (χ1) is 7.56. The number of aromatic nitrogens is 2. The predicted molar refractivity (Wildman–Crippen MR) is 67.0 cm³/mol. The lowest BCUT2D eigenvalue weighted by Gasteiger charge is -2.05. The van der Waals surface area contributed by atoms with Gasteiger partial charge in [0.1, 0.15) is 5.82 Å². The summed E-state index contributed by atoms with van der Waals surface area (Å²) in [5.41, 5.74) is 0.685. The van der Waals surface area contributed by atoms with E-state index in [0.29, 0.717) is 0 Å². The summed E-state index contributed by atoms with van der Waals surface area (Å²) in [5.74, 6) is 0.974. The van der Waals surface area contributed by atoms with Gasteiger partial charge in [-0.3, -0.25) is 4.79 Å². The van der Waals surface area contributed by atoms with Crippen molar-refractivity contribution in [2.45, 2.75) is 26.7 Å². The van der Waals surface area contributed by atoms with Gasteiger partial charge in [0.05, 0.1) is 10.6 Å². The third-order valence-electron chi connectivity index (χ3n) is 2.30. The van der Waals surface area contributed by atoms with Gasteiger partial charge in [-0.15, -0.1) is 11.3 Å². The number of hydrogen-bond acceptors (Lipinski definition) is 3. The van der Waals surface area contributed by atoms with Gasteiger partial charge < -0.3 is 4.98 Å². The molecule has 3 nitrogen and oxygen atoms in total. The Hall–Kier alpha value is -1.42. The van der Waals surface area contributed by atoms with Crippen LogP contribution in [0, 0.1) is 6.92 Å². The van der Waals surface area contributed by atoms with E-state index < -0.39 is 0 Å². The zero-order valence-corrected chi connectivity index (χ0v) is 10.4. The fourth-order valence-electron chi connectivity index (χ4n) is 1.45. The summed E-state index contributed by atoms with van der Waals surface area (Å²) in [5, 5.41) is 0. The molecule has 0 atom stereocenters. The van der Waals surface area contributed by atoms with E-state index in [9.17, 15) is 4.79 Å². The lowest BCUT2D eigenvalue weighted by molar-refractivity contribution is 0.769. The average molecular weight is 234 g/mol. The number of aromatic amines is 1. The number of aryl methyl sites for hydroxylation is 1. The second-order valence-electron chi connectivity index (χ2n) is 4.08. The van der Waals surface area contributed by atoms with Crippen molar-refractivity contribution in [3.8, 4) is 10.6 Å². The molecule has 0 aliphatic rings. The summed E-state index contributed by atoms with van der Waals surface area (Å²) < 4.78 is 0. The first-order valence-corrected chi connectivity index (χ1v) is 6.06. The fourth-order valence-corrected chi connectivity index (χ4v) is 2.28. The SMILES string of the molecule is Cc1ccc(-c2cc(=O)[nH]c(C(C)C)n2)s1. The minimum absolute atomic E-state index is 0.0836. The Balaban J connectivity index is 2.53. The average Bonchev–Trinajstić information content (AvgIpc) is 2.64. The summed E-state index contributed by atoms with van der Waals surface area (Å²) in [4.78, 5) is 21.0. The van der Waals surface area contributed by atoms with Gasteiger partial charge in [-0.25, -0.2) is 4.98 Å². The molecule has 84 valence electrons. The Labute approximate surface area is 98.2 Å². The van der Waals surface area contributed by atoms with E-state index in [0.717, 1.165) is 16.4 Å². The minimum Gasteiger partial charge on any atom is -0.310 e. The van der Waals surface area contributed by atoms with Crippen molar-refractivity contribution in [3.05, 3.63) is 39.3 Å². The van der Waals surface area contributed by atoms with Crippen LogP contribution in [0.5, 0.6) is 0 Å². The van der Waals surface area contributed by atoms with Crippen LogP contribution in [0.15, 0.2) is 23.0 Å². The molecule has 2 aromatic rings. The lowest BCUT2D eigenvalue weighted by atomic mass is 10.2. The first kappa shape index (κ1) is 11.1. The van der Waals surface area contributed by atoms with Crippen molar-refractivity contribution in [2.24, 2.45) is 0 Å². The molecule has 0 saturated carbocycles. The van der Waals surface area contributed by atoms with E-state index in [1.807, 2.05) is 32.9 Å². The fraction of sp³-hybridized carbons (Fsp3) is 0.333. The molecular weight excluding hydrogens is 220 g/mol. The van der Waals surface area contributed by atoms with Crippen LogP contribution >= 0.6 is 11.3 Å². The Morgan fingerprint density at radius 1 is 1.38 bits per heavy atom. The van der Waals surface area contributed by atoms with Crippen LogP contribution in [0.25, 0.3) is 10.6 Å². The monoisotopic (exact) mass is 234 g/mol. The first-order valence-electron chi connectivity index (χ1n) is 5.24. The van der Waals surface area contributed by atoms with Gasteiger partial charge >= 0.3 is 0 Å². The van der Waals surface area contributed by atoms with Crippen molar-refractivity contribution in [1.82, 2.24) is 9.97 Å². The molecule has 0 saturated heterocycles. The Morgan fingerprint density at radius 2 is 2.12 bits per heavy atom. The molecule has 4 heteroatoms. The van der Waals surface area contributed by atoms with Gasteiger partial charge in [0.2, 0.25) is 0 Å². The van der Waals surface area contributed by atoms with Crippen LogP contribution in [0.3, 0.4) is 0 Å². The number of nitrogens with zero attached hydrogens (tertiary/aromatic N) is 1. The van der Waals surface area contributed by atoms with Crippen molar-refractivity contribution < 1.29 is 0 Å². The lowest BCUT2D eigenvalue weighted by Crippen LogP contribution is -2.11. The van der Waals surface area contributed by atoms with Crippen LogP contribution in [0.4, 0.5) is 0 Å². The number of thiophene rings is 1. The highest BCUT2D eigenvalue weighted by atomic mass is 32.1. The molecule has 0 amide bonds. The molecule has 0 radical (unpaired) electrons. The topological polar surface area (TPSA) is 45.8 Å². The van der Waals surface area contributed by atoms with E-state index in [2.05, 4.69) is 9.97 Å². The van der Waals surface area contributed by atoms with Gasteiger partial charge in [-0.05, 0) is 19.1 Å². The molecule has 2 heterocycles. The quantitative estimate of drug-likeness (QED) is 0.868. The van der Waals surface area contributed by atoms with E-state index in [-0.39, 0.29) is 11.5 Å². The number of H-pyrrole nitrogens is 1. The number of nitrogens with one attached hydrogen (secondary N) is 1. The highest BCUT2D eigenvalue weighted by Crippen LogP contribution is 2.25. The molecule has 1 N–H and O–H groups in total. The zero-order chi connectivity index (χ0) is 11.7. The van der Waals surface area contributed by atoms with Gasteiger partial charge in [0.25, 0.3) is 5.56 Å². The molecule has 0 spiro atoms. The van der Waals surface area contributed by atoms with E-state index >= 15 is 0 Å². The second-order valence-corrected chi connectivity index (χ2v) is 5.37. The standard InChI is InChI=1S/C12H14N2OS/c1-7(2)12-13-9(6-11(15)14-12)10-5-4-8(3)16-10/h4-7H,1-3H3,(H,13,14,15). The molecular formula is C12H14N2OS. The Kier molecular flexibility index (Phi) is 2.92. The van der Waals surface area contributed by atoms with Crippen LogP contribution in [-0.2, 0) is 0 Å². The van der Waals surface area contributed by atoms with Crippen LogP contribution in [0.2, 0.25) is 0 Å². The third-order valence-corrected chi connectivity index (χ3v) is 3.32. The van der Waals surface area contributed by atoms with Crippen molar-refractivity contribution >= 4 is 11.3 Å². The second kappa shape index (κ2) is 4.22. The van der Waals surface area contributed by atoms with Crippen LogP contribution < -0.4 is 5.56 Å². The molecule has 0 unspecified atom stereocenters. The summed E-state index contributed by atoms with van der Waals surface area (Å²) in [6.45, 7) is 6.08. The third kappa shape index (κ3) is 2.22. The Morgan fingerprint density at radius 3 is 2.69 bits per heavy atom. The summed E-state index contributed by atoms with van der Waals surface area (Å²) >= 11 is 1.65. The zero-order valence-electron chi connectivity index (χ0n) is 9.57. The van der Waals surface area contributed by atoms with E-state index in [1.165, 1.54) is 4.88 Å². The molecule has 2 rings (SSSR count). The van der Waals surface area contributed by atoms with Gasteiger partial charge in [0, 0.05) is 16.9 Å². The molecule has 0 fully saturated rings. The molecule has 0 aliphatic heterocycles. The maximum Gasteiger partial charge on any atom is 0.251 e. The predicted octanol–water partition coefficient (Wildman–Crippen LogP) is 2.93. The maximum absolute atomic E-state index is 11.5. The molecule has 16 heavy (non-hydrogen) atoms. The van der Waals surface area contributed by atoms with Gasteiger partial charge in [0.15, 0.2) is 0 Å². The van der Waals surface area contributed by atoms with Gasteiger partial charge in [-0.2, -0.15) is 0 Å². The summed E-state index contributed by atoms with van der Waals surface area (Å²) in [6, 6.07) is 5.60. The Bertz CT molecular complexity index is 554. The summed E-state index contributed by atoms with van der Waals surface area (Å²) in [6.07, 6.45) is 0. The largest absolute Gasteiger partial charge is 0.310 e. The van der Waals surface area contributed by atoms with Gasteiger partial charge in [-0.1, -0.05) is 13.8 Å². The molecule has 2 aromatic heterocycles. The van der Waals surface area contributed by atoms with Crippen molar-refractivity contribution in [2.75, 3.05) is 0 Å². The highest BCUT2D eigenvalue weighted by Gasteiger charge is 2.08. The smallest absolute Gasteiger partial charge is 0.251 e. The normalized spacial score (nSPS) is 11.0. The van der Waals surface area contributed by atoms with Crippen LogP contribution in [-0.4, -0.2) is 9.97 Å². The van der Waals surface area contributed by atoms with Crippen molar-refractivity contribution in [3.63, 3.8) is 0 Å². The van der Waals surface area contributed by atoms with E-state index in [1.54, 1.807) is 17.4 Å². The summed E-state index contributed by atoms with van der Waals surface area (Å²) in [7, 11) is 0. The molecule has 0 aromatic carbocycles. The van der Waals surface area contributed by atoms with Crippen molar-refractivity contribution in [1.29, 1.82) is 0 Å². The number of rotatable bonds is 2. The number of hydrogen-bond donors (Lipinski definition) is 1. The van der Waals surface area contributed by atoms with E-state index in [4.69, 9.17) is 0 Å². The highest BCUT2D eigenvalue weighted by molar-refractivity contribution is 7.15. The maximum atomic E-state index is 11.5. The minimum atomic E-state index is -0.0836. The molecule has 0 aliphatic carbocycles.